The van der Waals surface area contributed by atoms with Crippen LogP contribution in [0.5, 0.6) is 0 Å². The Bertz CT molecular complexity index is 316. The summed E-state index contributed by atoms with van der Waals surface area (Å²) in [4.78, 5) is 21.3. The smallest absolute Gasteiger partial charge is 0.384 e. The van der Waals surface area contributed by atoms with Crippen molar-refractivity contribution in [2.24, 2.45) is 0 Å². The number of alkyl halides is 2. The molecule has 0 saturated heterocycles. The van der Waals surface area contributed by atoms with Gasteiger partial charge in [-0.05, 0) is 0 Å². The number of carbonyl (C=O) groups is 2. The summed E-state index contributed by atoms with van der Waals surface area (Å²) in [5.41, 5.74) is 0. The molecule has 0 amide bonds. The van der Waals surface area contributed by atoms with Gasteiger partial charge in [-0.2, -0.15) is 8.78 Å². The van der Waals surface area contributed by atoms with E-state index in [1.165, 1.54) is 0 Å². The van der Waals surface area contributed by atoms with Crippen molar-refractivity contribution >= 4 is 11.9 Å². The number of hydrogen-bond donors (Lipinski definition) is 0. The summed E-state index contributed by atoms with van der Waals surface area (Å²) < 4.78 is 37.9. The number of rotatable bonds is 6. The molecule has 0 N–H and O–H groups in total. The highest BCUT2D eigenvalue weighted by Crippen LogP contribution is 2.14. The fourth-order valence-corrected chi connectivity index (χ4v) is 0.751. The first-order chi connectivity index (χ1) is 7.74. The van der Waals surface area contributed by atoms with Crippen LogP contribution in [-0.2, 0) is 23.8 Å². The number of hydrogen-bond acceptors (Lipinski definition) is 5. The lowest BCUT2D eigenvalue weighted by Crippen LogP contribution is -2.32. The Morgan fingerprint density at radius 1 is 1.41 bits per heavy atom. The SMILES string of the molecule is C#CC(=O)OC(COC(C)=O)COC(C)(F)F. The van der Waals surface area contributed by atoms with E-state index in [9.17, 15) is 18.4 Å². The van der Waals surface area contributed by atoms with Gasteiger partial charge in [0, 0.05) is 19.8 Å². The highest BCUT2D eigenvalue weighted by atomic mass is 19.3. The molecule has 1 atom stereocenters. The van der Waals surface area contributed by atoms with E-state index in [2.05, 4.69) is 14.2 Å². The van der Waals surface area contributed by atoms with E-state index in [4.69, 9.17) is 6.42 Å². The maximum absolute atomic E-state index is 12.4. The Morgan fingerprint density at radius 3 is 2.41 bits per heavy atom. The molecule has 0 rings (SSSR count). The van der Waals surface area contributed by atoms with Crippen molar-refractivity contribution in [3.8, 4) is 12.3 Å². The van der Waals surface area contributed by atoms with Crippen LogP contribution in [0.25, 0.3) is 0 Å². The molecule has 0 aromatic heterocycles. The Kier molecular flexibility index (Phi) is 6.13. The van der Waals surface area contributed by atoms with Gasteiger partial charge in [0.15, 0.2) is 6.10 Å². The van der Waals surface area contributed by atoms with E-state index in [-0.39, 0.29) is 0 Å². The van der Waals surface area contributed by atoms with Crippen LogP contribution in [0.1, 0.15) is 13.8 Å². The zero-order chi connectivity index (χ0) is 13.5. The maximum atomic E-state index is 12.4. The molecule has 0 saturated carbocycles. The molecule has 0 heterocycles. The summed E-state index contributed by atoms with van der Waals surface area (Å²) in [6.45, 7) is 0.608. The molecular formula is C10H12F2O5. The molecule has 0 spiro atoms. The average molecular weight is 250 g/mol. The quantitative estimate of drug-likeness (QED) is 0.395. The molecule has 17 heavy (non-hydrogen) atoms. The van der Waals surface area contributed by atoms with E-state index < -0.39 is 37.4 Å². The molecule has 0 fully saturated rings. The van der Waals surface area contributed by atoms with E-state index in [0.29, 0.717) is 6.92 Å². The van der Waals surface area contributed by atoms with Gasteiger partial charge in [0.2, 0.25) is 0 Å². The minimum absolute atomic E-state index is 0.404. The highest BCUT2D eigenvalue weighted by Gasteiger charge is 2.25. The third-order valence-electron chi connectivity index (χ3n) is 1.39. The molecule has 5 nitrogen and oxygen atoms in total. The van der Waals surface area contributed by atoms with Gasteiger partial charge < -0.3 is 14.2 Å². The first-order valence-corrected chi connectivity index (χ1v) is 4.57. The van der Waals surface area contributed by atoms with Crippen molar-refractivity contribution in [2.45, 2.75) is 26.1 Å². The zero-order valence-electron chi connectivity index (χ0n) is 9.37. The Labute approximate surface area is 97.0 Å². The third-order valence-corrected chi connectivity index (χ3v) is 1.39. The summed E-state index contributed by atoms with van der Waals surface area (Å²) in [6, 6.07) is 0. The van der Waals surface area contributed by atoms with Gasteiger partial charge in [0.1, 0.15) is 6.61 Å². The van der Waals surface area contributed by atoms with Crippen LogP contribution in [-0.4, -0.2) is 37.4 Å². The average Bonchev–Trinajstić information content (AvgIpc) is 2.20. The Balaban J connectivity index is 4.25. The number of esters is 2. The van der Waals surface area contributed by atoms with E-state index in [0.717, 1.165) is 6.92 Å². The summed E-state index contributed by atoms with van der Waals surface area (Å²) in [5, 5.41) is 0. The molecule has 0 bridgehead atoms. The predicted molar refractivity (Wildman–Crippen MR) is 51.9 cm³/mol. The van der Waals surface area contributed by atoms with Crippen molar-refractivity contribution in [3.05, 3.63) is 0 Å². The normalized spacial score (nSPS) is 12.4. The summed E-state index contributed by atoms with van der Waals surface area (Å²) in [6.07, 6.45) is 0.186. The van der Waals surface area contributed by atoms with Gasteiger partial charge in [-0.3, -0.25) is 4.79 Å². The molecule has 0 aromatic carbocycles. The van der Waals surface area contributed by atoms with Crippen LogP contribution >= 0.6 is 0 Å². The molecular weight excluding hydrogens is 238 g/mol. The molecule has 0 aromatic rings. The van der Waals surface area contributed by atoms with Crippen molar-refractivity contribution in [3.63, 3.8) is 0 Å². The van der Waals surface area contributed by atoms with Gasteiger partial charge in [0.05, 0.1) is 6.61 Å². The zero-order valence-corrected chi connectivity index (χ0v) is 9.37. The van der Waals surface area contributed by atoms with Crippen molar-refractivity contribution in [2.75, 3.05) is 13.2 Å². The minimum atomic E-state index is -3.38. The largest absolute Gasteiger partial charge is 0.462 e. The van der Waals surface area contributed by atoms with Gasteiger partial charge >= 0.3 is 18.0 Å². The topological polar surface area (TPSA) is 61.8 Å². The Morgan fingerprint density at radius 2 is 2.00 bits per heavy atom. The first-order valence-electron chi connectivity index (χ1n) is 4.57. The number of terminal acetylenes is 1. The Hall–Kier alpha value is -1.68. The van der Waals surface area contributed by atoms with E-state index in [1.807, 2.05) is 0 Å². The van der Waals surface area contributed by atoms with Crippen molar-refractivity contribution in [1.82, 2.24) is 0 Å². The fourth-order valence-electron chi connectivity index (χ4n) is 0.751. The number of halogens is 2. The lowest BCUT2D eigenvalue weighted by molar-refractivity contribution is -0.239. The molecule has 7 heteroatoms. The molecule has 0 aliphatic carbocycles. The second kappa shape index (κ2) is 6.81. The van der Waals surface area contributed by atoms with Gasteiger partial charge in [0.25, 0.3) is 0 Å². The second-order valence-electron chi connectivity index (χ2n) is 3.09. The van der Waals surface area contributed by atoms with Crippen LogP contribution < -0.4 is 0 Å². The minimum Gasteiger partial charge on any atom is -0.462 e. The third kappa shape index (κ3) is 9.26. The molecule has 0 aliphatic heterocycles. The molecule has 1 unspecified atom stereocenters. The van der Waals surface area contributed by atoms with Crippen LogP contribution in [0, 0.1) is 12.3 Å². The van der Waals surface area contributed by atoms with Crippen molar-refractivity contribution in [1.29, 1.82) is 0 Å². The second-order valence-corrected chi connectivity index (χ2v) is 3.09. The monoisotopic (exact) mass is 250 g/mol. The summed E-state index contributed by atoms with van der Waals surface area (Å²) >= 11 is 0. The fraction of sp³-hybridized carbons (Fsp3) is 0.600. The van der Waals surface area contributed by atoms with E-state index in [1.54, 1.807) is 5.92 Å². The summed E-state index contributed by atoms with van der Waals surface area (Å²) in [7, 11) is 0. The maximum Gasteiger partial charge on any atom is 0.384 e. The number of ether oxygens (including phenoxy) is 3. The van der Waals surface area contributed by atoms with Gasteiger partial charge in [-0.1, -0.05) is 0 Å². The van der Waals surface area contributed by atoms with E-state index >= 15 is 0 Å². The molecule has 0 aliphatic rings. The predicted octanol–water partition coefficient (Wildman–Crippen LogP) is 0.724. The molecule has 96 valence electrons. The lowest BCUT2D eigenvalue weighted by Gasteiger charge is -2.18. The molecule has 0 radical (unpaired) electrons. The van der Waals surface area contributed by atoms with Crippen LogP contribution in [0.15, 0.2) is 0 Å². The standard InChI is InChI=1S/C10H12F2O5/c1-4-9(14)17-8(5-15-7(2)13)6-16-10(3,11)12/h1,8H,5-6H2,2-3H3. The van der Waals surface area contributed by atoms with Crippen molar-refractivity contribution < 1.29 is 32.6 Å². The highest BCUT2D eigenvalue weighted by molar-refractivity contribution is 5.87. The first kappa shape index (κ1) is 15.3. The number of carbonyl (C=O) groups excluding carboxylic acids is 2. The van der Waals surface area contributed by atoms with Crippen LogP contribution in [0.3, 0.4) is 0 Å². The van der Waals surface area contributed by atoms with Crippen LogP contribution in [0.4, 0.5) is 8.78 Å². The lowest BCUT2D eigenvalue weighted by atomic mass is 10.4. The summed E-state index contributed by atoms with van der Waals surface area (Å²) in [5.74, 6) is -0.0587. The van der Waals surface area contributed by atoms with Crippen LogP contribution in [0.2, 0.25) is 0 Å². The van der Waals surface area contributed by atoms with Gasteiger partial charge in [-0.25, -0.2) is 4.79 Å². The van der Waals surface area contributed by atoms with Gasteiger partial charge in [-0.15, -0.1) is 6.42 Å².